The first-order chi connectivity index (χ1) is 8.49. The van der Waals surface area contributed by atoms with Crippen molar-refractivity contribution in [3.05, 3.63) is 35.5 Å². The van der Waals surface area contributed by atoms with Crippen molar-refractivity contribution < 1.29 is 28.6 Å². The van der Waals surface area contributed by atoms with E-state index < -0.39 is 28.3 Å². The second kappa shape index (κ2) is 6.02. The van der Waals surface area contributed by atoms with Gasteiger partial charge in [0.2, 0.25) is 5.78 Å². The number of ether oxygens (including phenoxy) is 1. The van der Waals surface area contributed by atoms with Crippen molar-refractivity contribution in [1.29, 1.82) is 0 Å². The number of halogens is 1. The Morgan fingerprint density at radius 1 is 1.44 bits per heavy atom. The molecule has 0 aliphatic carbocycles. The molecule has 0 aliphatic rings. The van der Waals surface area contributed by atoms with E-state index in [1.54, 1.807) is 0 Å². The van der Waals surface area contributed by atoms with E-state index in [1.165, 1.54) is 25.3 Å². The lowest BCUT2D eigenvalue weighted by atomic mass is 10.1. The highest BCUT2D eigenvalue weighted by Gasteiger charge is 2.30. The van der Waals surface area contributed by atoms with Crippen LogP contribution in [0.4, 0.5) is 0 Å². The molecule has 0 fully saturated rings. The molecule has 1 heterocycles. The highest BCUT2D eigenvalue weighted by Crippen LogP contribution is 2.15. The van der Waals surface area contributed by atoms with Crippen molar-refractivity contribution >= 4 is 28.6 Å². The summed E-state index contributed by atoms with van der Waals surface area (Å²) in [5.41, 5.74) is -0.855. The Morgan fingerprint density at radius 2 is 2.11 bits per heavy atom. The maximum atomic E-state index is 11.8. The number of allylic oxidation sites excluding steroid dienone is 1. The minimum absolute atomic E-state index is 0.0302. The second-order valence-corrected chi connectivity index (χ2v) is 3.37. The molecule has 7 heteroatoms. The third kappa shape index (κ3) is 2.98. The van der Waals surface area contributed by atoms with Crippen molar-refractivity contribution in [2.24, 2.45) is 0 Å². The van der Waals surface area contributed by atoms with Gasteiger partial charge in [0.05, 0.1) is 12.9 Å². The molecule has 0 saturated heterocycles. The first-order valence-corrected chi connectivity index (χ1v) is 5.25. The van der Waals surface area contributed by atoms with Crippen molar-refractivity contribution in [3.63, 3.8) is 0 Å². The maximum Gasteiger partial charge on any atom is 0.346 e. The van der Waals surface area contributed by atoms with E-state index >= 15 is 0 Å². The van der Waals surface area contributed by atoms with Gasteiger partial charge in [-0.05, 0) is 30.7 Å². The molecular weight excluding hydrogens is 264 g/mol. The Hall–Kier alpha value is -2.08. The third-order valence-corrected chi connectivity index (χ3v) is 2.05. The summed E-state index contributed by atoms with van der Waals surface area (Å²) in [5, 5.41) is 8.05. The molecule has 0 bridgehead atoms. The van der Waals surface area contributed by atoms with Crippen LogP contribution in [-0.4, -0.2) is 28.7 Å². The fraction of sp³-hybridized carbons (Fsp3) is 0.182. The van der Waals surface area contributed by atoms with E-state index in [-0.39, 0.29) is 12.4 Å². The zero-order chi connectivity index (χ0) is 13.7. The second-order valence-electron chi connectivity index (χ2n) is 3.02. The number of aliphatic hydroxyl groups is 1. The van der Waals surface area contributed by atoms with Gasteiger partial charge >= 0.3 is 5.97 Å². The molecule has 96 valence electrons. The monoisotopic (exact) mass is 272 g/mol. The quantitative estimate of drug-likeness (QED) is 0.166. The van der Waals surface area contributed by atoms with Gasteiger partial charge in [-0.1, -0.05) is 0 Å². The highest BCUT2D eigenvalue weighted by atomic mass is 35.5. The van der Waals surface area contributed by atoms with Crippen LogP contribution in [0.3, 0.4) is 0 Å². The van der Waals surface area contributed by atoms with Crippen LogP contribution in [0, 0.1) is 0 Å². The molecule has 0 radical (unpaired) electrons. The molecule has 1 aromatic rings. The molecule has 0 amide bonds. The molecule has 0 atom stereocenters. The van der Waals surface area contributed by atoms with Gasteiger partial charge in [-0.3, -0.25) is 9.59 Å². The Labute approximate surface area is 107 Å². The Morgan fingerprint density at radius 3 is 2.56 bits per heavy atom. The van der Waals surface area contributed by atoms with E-state index in [0.29, 0.717) is 0 Å². The van der Waals surface area contributed by atoms with Crippen molar-refractivity contribution in [2.75, 3.05) is 6.61 Å². The Bertz CT molecular complexity index is 500. The van der Waals surface area contributed by atoms with E-state index in [9.17, 15) is 19.5 Å². The number of hydrogen-bond acceptors (Lipinski definition) is 6. The molecule has 1 N–H and O–H groups in total. The molecular formula is C11H9ClO6. The van der Waals surface area contributed by atoms with Crippen molar-refractivity contribution in [2.45, 2.75) is 6.92 Å². The number of hydrogen-bond donors (Lipinski definition) is 1. The van der Waals surface area contributed by atoms with Gasteiger partial charge in [0.1, 0.15) is 0 Å². The van der Waals surface area contributed by atoms with Gasteiger partial charge in [-0.15, -0.1) is 0 Å². The van der Waals surface area contributed by atoms with Gasteiger partial charge in [0.15, 0.2) is 17.1 Å². The van der Waals surface area contributed by atoms with Crippen LogP contribution >= 0.6 is 11.6 Å². The summed E-state index contributed by atoms with van der Waals surface area (Å²) in [5.74, 6) is -3.52. The van der Waals surface area contributed by atoms with Crippen LogP contribution in [0.5, 0.6) is 0 Å². The molecule has 0 aliphatic heterocycles. The van der Waals surface area contributed by atoms with Gasteiger partial charge in [-0.2, -0.15) is 0 Å². The number of carbonyl (C=O) groups excluding carboxylic acids is 3. The average molecular weight is 273 g/mol. The van der Waals surface area contributed by atoms with Gasteiger partial charge < -0.3 is 14.3 Å². The third-order valence-electron chi connectivity index (χ3n) is 1.87. The summed E-state index contributed by atoms with van der Waals surface area (Å²) in [6.45, 7) is 1.48. The zero-order valence-electron chi connectivity index (χ0n) is 9.31. The summed E-state index contributed by atoms with van der Waals surface area (Å²) in [7, 11) is 0. The summed E-state index contributed by atoms with van der Waals surface area (Å²) in [6, 6.07) is 2.68. The van der Waals surface area contributed by atoms with E-state index in [4.69, 9.17) is 16.0 Å². The molecule has 1 aromatic heterocycles. The largest absolute Gasteiger partial charge is 0.503 e. The van der Waals surface area contributed by atoms with Crippen LogP contribution in [0.15, 0.2) is 34.1 Å². The predicted molar refractivity (Wildman–Crippen MR) is 60.2 cm³/mol. The first-order valence-electron chi connectivity index (χ1n) is 4.87. The summed E-state index contributed by atoms with van der Waals surface area (Å²) < 4.78 is 9.34. The van der Waals surface area contributed by atoms with E-state index in [2.05, 4.69) is 4.74 Å². The minimum Gasteiger partial charge on any atom is -0.503 e. The fourth-order valence-corrected chi connectivity index (χ4v) is 1.22. The number of furan rings is 1. The number of ketones is 1. The van der Waals surface area contributed by atoms with Gasteiger partial charge in [0.25, 0.3) is 5.24 Å². The number of rotatable bonds is 5. The summed E-state index contributed by atoms with van der Waals surface area (Å²) in [6.07, 6.45) is 1.20. The van der Waals surface area contributed by atoms with Crippen molar-refractivity contribution in [1.82, 2.24) is 0 Å². The molecule has 0 aromatic carbocycles. The van der Waals surface area contributed by atoms with Crippen LogP contribution in [0.25, 0.3) is 0 Å². The Balaban J connectivity index is 3.22. The fourth-order valence-electron chi connectivity index (χ4n) is 1.13. The highest BCUT2D eigenvalue weighted by molar-refractivity contribution is 6.68. The topological polar surface area (TPSA) is 93.8 Å². The lowest BCUT2D eigenvalue weighted by molar-refractivity contribution is -0.138. The molecule has 0 unspecified atom stereocenters. The van der Waals surface area contributed by atoms with Gasteiger partial charge in [0, 0.05) is 0 Å². The molecule has 0 saturated carbocycles. The van der Waals surface area contributed by atoms with Crippen LogP contribution in [0.2, 0.25) is 0 Å². The molecule has 6 nitrogen and oxygen atoms in total. The number of Topliss-reactive ketones (excluding diaryl/α,β-unsaturated/α-hetero) is 1. The molecule has 0 spiro atoms. The number of esters is 1. The average Bonchev–Trinajstić information content (AvgIpc) is 2.82. The van der Waals surface area contributed by atoms with Gasteiger partial charge in [-0.25, -0.2) is 4.79 Å². The number of aliphatic hydroxyl groups excluding tert-OH is 1. The number of carbonyl (C=O) groups is 3. The van der Waals surface area contributed by atoms with Crippen LogP contribution < -0.4 is 0 Å². The normalized spacial score (nSPS) is 11.7. The zero-order valence-corrected chi connectivity index (χ0v) is 10.1. The maximum absolute atomic E-state index is 11.8. The summed E-state index contributed by atoms with van der Waals surface area (Å²) >= 11 is 5.04. The van der Waals surface area contributed by atoms with E-state index in [1.807, 2.05) is 0 Å². The summed E-state index contributed by atoms with van der Waals surface area (Å²) in [4.78, 5) is 34.2. The lowest BCUT2D eigenvalue weighted by Crippen LogP contribution is -2.20. The lowest BCUT2D eigenvalue weighted by Gasteiger charge is -2.05. The van der Waals surface area contributed by atoms with E-state index in [0.717, 1.165) is 0 Å². The SMILES string of the molecule is CCOC(=O)/C(C(=O)c1ccco1)=C(/O)C(=O)Cl. The predicted octanol–water partition coefficient (Wildman–Crippen LogP) is 1.60. The van der Waals surface area contributed by atoms with Crippen molar-refractivity contribution in [3.8, 4) is 0 Å². The Kier molecular flexibility index (Phi) is 4.67. The first kappa shape index (κ1) is 14.0. The molecule has 18 heavy (non-hydrogen) atoms. The standard InChI is InChI=1S/C11H9ClO6/c1-2-17-11(16)7(9(14)10(12)15)8(13)6-4-3-5-18-6/h3-5,14H,2H2,1H3/b9-7+. The minimum atomic E-state index is -1.34. The van der Waals surface area contributed by atoms with Crippen LogP contribution in [-0.2, 0) is 14.3 Å². The molecule has 1 rings (SSSR count). The van der Waals surface area contributed by atoms with Crippen LogP contribution in [0.1, 0.15) is 17.5 Å². The smallest absolute Gasteiger partial charge is 0.346 e.